The first-order valence-corrected chi connectivity index (χ1v) is 8.29. The van der Waals surface area contributed by atoms with E-state index in [0.29, 0.717) is 11.3 Å². The zero-order chi connectivity index (χ0) is 13.1. The first kappa shape index (κ1) is 14.4. The van der Waals surface area contributed by atoms with Gasteiger partial charge in [-0.1, -0.05) is 35.0 Å². The molecule has 0 spiro atoms. The predicted molar refractivity (Wildman–Crippen MR) is 84.0 cm³/mol. The third-order valence-electron chi connectivity index (χ3n) is 3.38. The highest BCUT2D eigenvalue weighted by Gasteiger charge is 2.27. The molecule has 0 saturated carbocycles. The van der Waals surface area contributed by atoms with E-state index in [4.69, 9.17) is 5.73 Å². The molecule has 1 aliphatic heterocycles. The SMILES string of the molecule is CC1CN(C(c2ccc(Br)cc2)C(C)N)CCS1. The second kappa shape index (κ2) is 6.42. The number of benzene rings is 1. The molecule has 3 atom stereocenters. The van der Waals surface area contributed by atoms with Crippen LogP contribution in [-0.2, 0) is 0 Å². The van der Waals surface area contributed by atoms with Crippen molar-refractivity contribution >= 4 is 27.7 Å². The predicted octanol–water partition coefficient (Wildman–Crippen LogP) is 3.27. The lowest BCUT2D eigenvalue weighted by Crippen LogP contribution is -2.45. The van der Waals surface area contributed by atoms with Crippen LogP contribution >= 0.6 is 27.7 Å². The highest BCUT2D eigenvalue weighted by atomic mass is 79.9. The molecule has 100 valence electrons. The third kappa shape index (κ3) is 3.50. The van der Waals surface area contributed by atoms with Gasteiger partial charge in [-0.25, -0.2) is 0 Å². The molecule has 0 radical (unpaired) electrons. The van der Waals surface area contributed by atoms with Crippen LogP contribution in [0.5, 0.6) is 0 Å². The van der Waals surface area contributed by atoms with Gasteiger partial charge in [0.1, 0.15) is 0 Å². The molecule has 1 saturated heterocycles. The van der Waals surface area contributed by atoms with Gasteiger partial charge in [0.2, 0.25) is 0 Å². The monoisotopic (exact) mass is 328 g/mol. The van der Waals surface area contributed by atoms with Crippen molar-refractivity contribution < 1.29 is 0 Å². The van der Waals surface area contributed by atoms with E-state index >= 15 is 0 Å². The van der Waals surface area contributed by atoms with E-state index in [1.807, 2.05) is 0 Å². The summed E-state index contributed by atoms with van der Waals surface area (Å²) < 4.78 is 1.12. The smallest absolute Gasteiger partial charge is 0.0497 e. The number of hydrogen-bond donors (Lipinski definition) is 1. The van der Waals surface area contributed by atoms with Crippen LogP contribution < -0.4 is 5.73 Å². The summed E-state index contributed by atoms with van der Waals surface area (Å²) in [7, 11) is 0. The van der Waals surface area contributed by atoms with Gasteiger partial charge in [-0.2, -0.15) is 11.8 Å². The van der Waals surface area contributed by atoms with E-state index in [1.165, 1.54) is 11.3 Å². The van der Waals surface area contributed by atoms with Crippen molar-refractivity contribution in [1.29, 1.82) is 0 Å². The minimum atomic E-state index is 0.154. The zero-order valence-corrected chi connectivity index (χ0v) is 13.4. The van der Waals surface area contributed by atoms with E-state index in [1.54, 1.807) is 0 Å². The molecule has 2 rings (SSSR count). The summed E-state index contributed by atoms with van der Waals surface area (Å²) in [4.78, 5) is 2.54. The average molecular weight is 329 g/mol. The molecule has 18 heavy (non-hydrogen) atoms. The Morgan fingerprint density at radius 1 is 1.39 bits per heavy atom. The van der Waals surface area contributed by atoms with Gasteiger partial charge in [-0.3, -0.25) is 4.90 Å². The largest absolute Gasteiger partial charge is 0.326 e. The maximum absolute atomic E-state index is 6.22. The quantitative estimate of drug-likeness (QED) is 0.923. The van der Waals surface area contributed by atoms with Crippen LogP contribution in [0.2, 0.25) is 0 Å². The fourth-order valence-electron chi connectivity index (χ4n) is 2.60. The van der Waals surface area contributed by atoms with Crippen molar-refractivity contribution in [3.05, 3.63) is 34.3 Å². The highest BCUT2D eigenvalue weighted by Crippen LogP contribution is 2.29. The first-order valence-electron chi connectivity index (χ1n) is 6.44. The van der Waals surface area contributed by atoms with Crippen LogP contribution in [0, 0.1) is 0 Å². The topological polar surface area (TPSA) is 29.3 Å². The standard InChI is InChI=1S/C14H21BrN2S/c1-10-9-17(7-8-18-10)14(11(2)16)12-3-5-13(15)6-4-12/h3-6,10-11,14H,7-9,16H2,1-2H3. The summed E-state index contributed by atoms with van der Waals surface area (Å²) in [6, 6.07) is 9.07. The maximum atomic E-state index is 6.22. The Morgan fingerprint density at radius 2 is 2.06 bits per heavy atom. The van der Waals surface area contributed by atoms with Crippen LogP contribution in [0.4, 0.5) is 0 Å². The number of nitrogens with zero attached hydrogens (tertiary/aromatic N) is 1. The van der Waals surface area contributed by atoms with Gasteiger partial charge in [0, 0.05) is 40.6 Å². The van der Waals surface area contributed by atoms with Gasteiger partial charge < -0.3 is 5.73 Å². The van der Waals surface area contributed by atoms with E-state index in [-0.39, 0.29) is 6.04 Å². The van der Waals surface area contributed by atoms with Gasteiger partial charge in [0.05, 0.1) is 0 Å². The number of nitrogens with two attached hydrogens (primary N) is 1. The Morgan fingerprint density at radius 3 is 2.61 bits per heavy atom. The molecule has 0 aromatic heterocycles. The second-order valence-corrected chi connectivity index (χ2v) is 7.49. The lowest BCUT2D eigenvalue weighted by atomic mass is 9.99. The van der Waals surface area contributed by atoms with Gasteiger partial charge in [-0.15, -0.1) is 0 Å². The molecule has 2 N–H and O–H groups in total. The van der Waals surface area contributed by atoms with Gasteiger partial charge in [0.25, 0.3) is 0 Å². The molecule has 2 nitrogen and oxygen atoms in total. The Hall–Kier alpha value is -0.0300. The first-order chi connectivity index (χ1) is 8.58. The van der Waals surface area contributed by atoms with Crippen LogP contribution in [0.1, 0.15) is 25.5 Å². The third-order valence-corrected chi connectivity index (χ3v) is 5.04. The summed E-state index contributed by atoms with van der Waals surface area (Å²) in [6.45, 7) is 6.68. The molecule has 0 bridgehead atoms. The fourth-order valence-corrected chi connectivity index (χ4v) is 3.91. The molecular formula is C14H21BrN2S. The molecule has 0 amide bonds. The van der Waals surface area contributed by atoms with Crippen molar-refractivity contribution in [3.63, 3.8) is 0 Å². The van der Waals surface area contributed by atoms with Crippen LogP contribution in [0.3, 0.4) is 0 Å². The van der Waals surface area contributed by atoms with E-state index in [2.05, 4.69) is 70.7 Å². The van der Waals surface area contributed by atoms with E-state index in [9.17, 15) is 0 Å². The van der Waals surface area contributed by atoms with E-state index in [0.717, 1.165) is 17.6 Å². The number of thioether (sulfide) groups is 1. The lowest BCUT2D eigenvalue weighted by molar-refractivity contribution is 0.184. The van der Waals surface area contributed by atoms with Crippen LogP contribution in [0.25, 0.3) is 0 Å². The number of hydrogen-bond acceptors (Lipinski definition) is 3. The maximum Gasteiger partial charge on any atom is 0.0497 e. The van der Waals surface area contributed by atoms with Crippen LogP contribution in [0.15, 0.2) is 28.7 Å². The average Bonchev–Trinajstić information content (AvgIpc) is 2.32. The fraction of sp³-hybridized carbons (Fsp3) is 0.571. The molecule has 3 unspecified atom stereocenters. The van der Waals surface area contributed by atoms with E-state index < -0.39 is 0 Å². The van der Waals surface area contributed by atoms with Crippen molar-refractivity contribution in [1.82, 2.24) is 4.90 Å². The van der Waals surface area contributed by atoms with Gasteiger partial charge in [-0.05, 0) is 24.6 Å². The summed E-state index contributed by atoms with van der Waals surface area (Å²) in [5.41, 5.74) is 7.55. The van der Waals surface area contributed by atoms with Crippen molar-refractivity contribution in [3.8, 4) is 0 Å². The minimum Gasteiger partial charge on any atom is -0.326 e. The van der Waals surface area contributed by atoms with Crippen molar-refractivity contribution in [2.45, 2.75) is 31.2 Å². The lowest BCUT2D eigenvalue weighted by Gasteiger charge is -2.39. The second-order valence-electron chi connectivity index (χ2n) is 5.03. The molecule has 0 aliphatic carbocycles. The molecule has 1 aromatic rings. The van der Waals surface area contributed by atoms with Crippen molar-refractivity contribution in [2.24, 2.45) is 5.73 Å². The Balaban J connectivity index is 2.19. The summed E-state index contributed by atoms with van der Waals surface area (Å²) >= 11 is 5.55. The number of rotatable bonds is 3. The minimum absolute atomic E-state index is 0.154. The Kier molecular flexibility index (Phi) is 5.13. The molecule has 1 fully saturated rings. The van der Waals surface area contributed by atoms with Crippen molar-refractivity contribution in [2.75, 3.05) is 18.8 Å². The van der Waals surface area contributed by atoms with Gasteiger partial charge in [0.15, 0.2) is 0 Å². The van der Waals surface area contributed by atoms with Gasteiger partial charge >= 0.3 is 0 Å². The molecule has 1 heterocycles. The molecular weight excluding hydrogens is 308 g/mol. The summed E-state index contributed by atoms with van der Waals surface area (Å²) in [6.07, 6.45) is 0. The van der Waals surface area contributed by atoms with Crippen LogP contribution in [-0.4, -0.2) is 35.0 Å². The number of halogens is 1. The Labute approximate surface area is 122 Å². The summed E-state index contributed by atoms with van der Waals surface area (Å²) in [5.74, 6) is 1.21. The highest BCUT2D eigenvalue weighted by molar-refractivity contribution is 9.10. The normalized spacial score (nSPS) is 24.8. The molecule has 1 aliphatic rings. The summed E-state index contributed by atoms with van der Waals surface area (Å²) in [5, 5.41) is 0.704. The molecule has 4 heteroatoms. The molecule has 1 aromatic carbocycles. The Bertz CT molecular complexity index is 380. The zero-order valence-electron chi connectivity index (χ0n) is 11.0.